The number of pyridine rings is 1. The highest BCUT2D eigenvalue weighted by atomic mass is 32.1. The van der Waals surface area contributed by atoms with E-state index in [0.29, 0.717) is 41.3 Å². The predicted octanol–water partition coefficient (Wildman–Crippen LogP) is 4.89. The van der Waals surface area contributed by atoms with Gasteiger partial charge in [-0.2, -0.15) is 0 Å². The topological polar surface area (TPSA) is 73.3 Å². The van der Waals surface area contributed by atoms with Gasteiger partial charge in [-0.1, -0.05) is 6.92 Å². The molecule has 1 amide bonds. The Balaban J connectivity index is 1.47. The fourth-order valence-electron chi connectivity index (χ4n) is 3.44. The molecule has 0 fully saturated rings. The fraction of sp³-hybridized carbons (Fsp3) is 0.348. The summed E-state index contributed by atoms with van der Waals surface area (Å²) in [5.41, 5.74) is 2.65. The minimum atomic E-state index is -0.198. The number of benzene rings is 1. The van der Waals surface area contributed by atoms with E-state index in [-0.39, 0.29) is 5.91 Å². The maximum atomic E-state index is 12.8. The highest BCUT2D eigenvalue weighted by Crippen LogP contribution is 2.33. The third-order valence-electron chi connectivity index (χ3n) is 5.06. The Morgan fingerprint density at radius 3 is 2.83 bits per heavy atom. The summed E-state index contributed by atoms with van der Waals surface area (Å²) in [6.07, 6.45) is 6.64. The average Bonchev–Trinajstić information content (AvgIpc) is 3.15. The average molecular weight is 424 g/mol. The van der Waals surface area contributed by atoms with Crippen LogP contribution in [0.1, 0.15) is 46.8 Å². The number of nitrogens with one attached hydrogen (secondary N) is 1. The normalized spacial score (nSPS) is 15.3. The smallest absolute Gasteiger partial charge is 0.257 e. The molecule has 1 N–H and O–H groups in total. The molecule has 7 heteroatoms. The van der Waals surface area contributed by atoms with Gasteiger partial charge in [0, 0.05) is 22.8 Å². The molecule has 30 heavy (non-hydrogen) atoms. The number of carbonyl (C=O) groups excluding carboxylic acids is 1. The summed E-state index contributed by atoms with van der Waals surface area (Å²) < 4.78 is 11.6. The number of nitrogens with zero attached hydrogens (tertiary/aromatic N) is 2. The van der Waals surface area contributed by atoms with E-state index < -0.39 is 0 Å². The monoisotopic (exact) mass is 423 g/mol. The first-order valence-corrected chi connectivity index (χ1v) is 11.0. The number of aromatic nitrogens is 2. The highest BCUT2D eigenvalue weighted by molar-refractivity contribution is 7.15. The van der Waals surface area contributed by atoms with Crippen LogP contribution in [0.25, 0.3) is 0 Å². The van der Waals surface area contributed by atoms with Crippen LogP contribution in [-0.2, 0) is 19.4 Å². The Kier molecular flexibility index (Phi) is 6.28. The van der Waals surface area contributed by atoms with Gasteiger partial charge in [-0.05, 0) is 68.0 Å². The first kappa shape index (κ1) is 20.3. The number of hydrogen-bond donors (Lipinski definition) is 1. The minimum Gasteiger partial charge on any atom is -0.490 e. The van der Waals surface area contributed by atoms with E-state index in [9.17, 15) is 4.79 Å². The number of hydrogen-bond acceptors (Lipinski definition) is 6. The van der Waals surface area contributed by atoms with E-state index in [2.05, 4.69) is 22.2 Å². The van der Waals surface area contributed by atoms with Crippen LogP contribution < -0.4 is 14.8 Å². The summed E-state index contributed by atoms with van der Waals surface area (Å²) in [6.45, 7) is 5.04. The summed E-state index contributed by atoms with van der Waals surface area (Å²) in [5.74, 6) is 1.63. The van der Waals surface area contributed by atoms with Crippen LogP contribution >= 0.6 is 11.3 Å². The number of carbonyl (C=O) groups is 1. The van der Waals surface area contributed by atoms with Crippen LogP contribution in [0.2, 0.25) is 0 Å². The Morgan fingerprint density at radius 2 is 2.03 bits per heavy atom. The van der Waals surface area contributed by atoms with Crippen LogP contribution in [0.15, 0.2) is 42.7 Å². The second-order valence-electron chi connectivity index (χ2n) is 7.43. The molecular weight excluding hydrogens is 398 g/mol. The second kappa shape index (κ2) is 9.26. The van der Waals surface area contributed by atoms with Gasteiger partial charge in [-0.25, -0.2) is 4.98 Å². The van der Waals surface area contributed by atoms with Crippen molar-refractivity contribution in [2.45, 2.75) is 39.7 Å². The first-order valence-electron chi connectivity index (χ1n) is 10.2. The molecule has 4 rings (SSSR count). The van der Waals surface area contributed by atoms with E-state index in [1.807, 2.05) is 19.1 Å². The van der Waals surface area contributed by atoms with Crippen molar-refractivity contribution in [3.05, 3.63) is 64.4 Å². The van der Waals surface area contributed by atoms with Gasteiger partial charge < -0.3 is 9.47 Å². The van der Waals surface area contributed by atoms with Crippen molar-refractivity contribution in [1.29, 1.82) is 0 Å². The number of aryl methyl sites for hydroxylation is 1. The summed E-state index contributed by atoms with van der Waals surface area (Å²) >= 11 is 1.58. The lowest BCUT2D eigenvalue weighted by molar-refractivity contribution is 0.102. The van der Waals surface area contributed by atoms with Gasteiger partial charge in [-0.15, -0.1) is 11.3 Å². The van der Waals surface area contributed by atoms with Crippen LogP contribution in [-0.4, -0.2) is 22.5 Å². The van der Waals surface area contributed by atoms with Crippen molar-refractivity contribution >= 4 is 22.4 Å². The summed E-state index contributed by atoms with van der Waals surface area (Å²) in [7, 11) is 0. The lowest BCUT2D eigenvalue weighted by Crippen LogP contribution is -2.12. The number of ether oxygens (including phenoxy) is 2. The number of thiazole rings is 1. The molecule has 1 atom stereocenters. The molecule has 1 aromatic carbocycles. The van der Waals surface area contributed by atoms with Crippen LogP contribution in [0.5, 0.6) is 11.5 Å². The van der Waals surface area contributed by atoms with Gasteiger partial charge in [0.1, 0.15) is 6.61 Å². The van der Waals surface area contributed by atoms with E-state index in [1.54, 1.807) is 41.9 Å². The molecule has 1 aliphatic rings. The second-order valence-corrected chi connectivity index (χ2v) is 8.51. The van der Waals surface area contributed by atoms with Crippen molar-refractivity contribution in [3.8, 4) is 11.5 Å². The molecule has 2 aromatic heterocycles. The fourth-order valence-corrected chi connectivity index (χ4v) is 4.61. The molecule has 1 unspecified atom stereocenters. The van der Waals surface area contributed by atoms with E-state index in [0.717, 1.165) is 30.5 Å². The Bertz CT molecular complexity index is 1020. The SMILES string of the molecule is CCOc1cc(C(=O)Nc2nc3c(s2)CC(C)CC3)ccc1OCc1ccncc1. The van der Waals surface area contributed by atoms with Crippen LogP contribution in [0.3, 0.4) is 0 Å². The zero-order chi connectivity index (χ0) is 20.9. The maximum Gasteiger partial charge on any atom is 0.257 e. The lowest BCUT2D eigenvalue weighted by atomic mass is 9.93. The Hall–Kier alpha value is -2.93. The van der Waals surface area contributed by atoms with Gasteiger partial charge in [0.2, 0.25) is 0 Å². The molecule has 0 spiro atoms. The van der Waals surface area contributed by atoms with Gasteiger partial charge in [0.25, 0.3) is 5.91 Å². The Morgan fingerprint density at radius 1 is 1.20 bits per heavy atom. The largest absolute Gasteiger partial charge is 0.490 e. The molecule has 0 saturated carbocycles. The van der Waals surface area contributed by atoms with E-state index in [4.69, 9.17) is 9.47 Å². The summed E-state index contributed by atoms with van der Waals surface area (Å²) in [4.78, 5) is 22.7. The Labute approximate surface area is 180 Å². The van der Waals surface area contributed by atoms with Crippen LogP contribution in [0, 0.1) is 5.92 Å². The molecule has 0 radical (unpaired) electrons. The maximum absolute atomic E-state index is 12.8. The van der Waals surface area contributed by atoms with Gasteiger partial charge in [0.05, 0.1) is 12.3 Å². The van der Waals surface area contributed by atoms with Crippen molar-refractivity contribution in [1.82, 2.24) is 9.97 Å². The van der Waals surface area contributed by atoms with E-state index in [1.165, 1.54) is 4.88 Å². The third-order valence-corrected chi connectivity index (χ3v) is 6.09. The first-order chi connectivity index (χ1) is 14.6. The quantitative estimate of drug-likeness (QED) is 0.586. The zero-order valence-corrected chi connectivity index (χ0v) is 18.0. The number of amides is 1. The molecule has 0 saturated heterocycles. The van der Waals surface area contributed by atoms with Crippen LogP contribution in [0.4, 0.5) is 5.13 Å². The molecular formula is C23H25N3O3S. The van der Waals surface area contributed by atoms with Crippen molar-refractivity contribution in [3.63, 3.8) is 0 Å². The molecule has 0 bridgehead atoms. The third kappa shape index (κ3) is 4.79. The molecule has 6 nitrogen and oxygen atoms in total. The zero-order valence-electron chi connectivity index (χ0n) is 17.2. The van der Waals surface area contributed by atoms with Gasteiger partial charge in [-0.3, -0.25) is 15.1 Å². The van der Waals surface area contributed by atoms with E-state index >= 15 is 0 Å². The minimum absolute atomic E-state index is 0.198. The molecule has 3 aromatic rings. The van der Waals surface area contributed by atoms with Gasteiger partial charge >= 0.3 is 0 Å². The van der Waals surface area contributed by atoms with Crippen molar-refractivity contribution in [2.24, 2.45) is 5.92 Å². The predicted molar refractivity (Wildman–Crippen MR) is 117 cm³/mol. The summed E-state index contributed by atoms with van der Waals surface area (Å²) in [6, 6.07) is 9.04. The molecule has 156 valence electrons. The molecule has 0 aliphatic heterocycles. The number of rotatable bonds is 7. The molecule has 1 aliphatic carbocycles. The standard InChI is InChI=1S/C23H25N3O3S/c1-3-28-20-13-17(5-7-19(20)29-14-16-8-10-24-11-9-16)22(27)26-23-25-18-6-4-15(2)12-21(18)30-23/h5,7-11,13,15H,3-4,6,12,14H2,1-2H3,(H,25,26,27). The van der Waals surface area contributed by atoms with Gasteiger partial charge in [0.15, 0.2) is 16.6 Å². The summed E-state index contributed by atoms with van der Waals surface area (Å²) in [5, 5.41) is 3.60. The number of fused-ring (bicyclic) bond motifs is 1. The highest BCUT2D eigenvalue weighted by Gasteiger charge is 2.21. The number of anilines is 1. The lowest BCUT2D eigenvalue weighted by Gasteiger charge is -2.15. The van der Waals surface area contributed by atoms with Crippen molar-refractivity contribution < 1.29 is 14.3 Å². The molecule has 2 heterocycles. The van der Waals surface area contributed by atoms with Crippen molar-refractivity contribution in [2.75, 3.05) is 11.9 Å².